The van der Waals surface area contributed by atoms with Crippen molar-refractivity contribution >= 4 is 44.1 Å². The van der Waals surface area contributed by atoms with Gasteiger partial charge in [0.1, 0.15) is 11.3 Å². The highest BCUT2D eigenvalue weighted by molar-refractivity contribution is 9.10. The van der Waals surface area contributed by atoms with Gasteiger partial charge < -0.3 is 5.32 Å². The number of hydrogen-bond donors (Lipinski definition) is 1. The zero-order chi connectivity index (χ0) is 22.2. The van der Waals surface area contributed by atoms with Crippen molar-refractivity contribution in [1.29, 1.82) is 0 Å². The summed E-state index contributed by atoms with van der Waals surface area (Å²) in [5.41, 5.74) is 4.77. The highest BCUT2D eigenvalue weighted by Crippen LogP contribution is 2.28. The molecule has 0 saturated carbocycles. The number of rotatable bonds is 6. The van der Waals surface area contributed by atoms with Gasteiger partial charge in [0.05, 0.1) is 35.3 Å². The molecule has 0 atom stereocenters. The molecular formula is C23H22BrN7O. The number of imidazole rings is 1. The molecular weight excluding hydrogens is 470 g/mol. The number of halogens is 1. The Hall–Kier alpha value is -3.46. The second-order valence-corrected chi connectivity index (χ2v) is 8.41. The molecule has 5 aromatic rings. The SMILES string of the molecule is CCc1nn(Cc2ccn(CC)n2)c2cccc(NC(=O)c3cnc4cc(Br)ccn34)c12. The molecule has 0 aliphatic carbocycles. The van der Waals surface area contributed by atoms with Crippen LogP contribution in [0, 0.1) is 0 Å². The predicted molar refractivity (Wildman–Crippen MR) is 127 cm³/mol. The van der Waals surface area contributed by atoms with Gasteiger partial charge in [0, 0.05) is 28.8 Å². The monoisotopic (exact) mass is 491 g/mol. The molecule has 0 spiro atoms. The lowest BCUT2D eigenvalue weighted by molar-refractivity contribution is 0.102. The molecule has 4 aromatic heterocycles. The van der Waals surface area contributed by atoms with Crippen molar-refractivity contribution < 1.29 is 4.79 Å². The van der Waals surface area contributed by atoms with E-state index in [4.69, 9.17) is 5.10 Å². The smallest absolute Gasteiger partial charge is 0.274 e. The fourth-order valence-electron chi connectivity index (χ4n) is 3.91. The van der Waals surface area contributed by atoms with Gasteiger partial charge in [-0.05, 0) is 43.7 Å². The van der Waals surface area contributed by atoms with Crippen molar-refractivity contribution in [2.45, 2.75) is 33.4 Å². The number of aromatic nitrogens is 6. The average Bonchev–Trinajstić information content (AvgIpc) is 3.51. The second kappa shape index (κ2) is 8.23. The lowest BCUT2D eigenvalue weighted by atomic mass is 10.1. The van der Waals surface area contributed by atoms with Gasteiger partial charge in [0.2, 0.25) is 0 Å². The van der Waals surface area contributed by atoms with E-state index in [0.29, 0.717) is 17.9 Å². The van der Waals surface area contributed by atoms with Crippen molar-refractivity contribution in [3.05, 3.63) is 76.5 Å². The van der Waals surface area contributed by atoms with Crippen LogP contribution in [0.1, 0.15) is 35.7 Å². The number of amides is 1. The number of hydrogen-bond acceptors (Lipinski definition) is 4. The zero-order valence-electron chi connectivity index (χ0n) is 17.8. The number of carbonyl (C=O) groups is 1. The standard InChI is InChI=1S/C23H22BrN7O/c1-3-17-22-18(26-23(32)20-13-25-21-12-15(24)8-11-30(20)21)6-5-7-19(22)31(28-17)14-16-9-10-29(4-2)27-16/h5-13H,3-4,14H2,1-2H3,(H,26,32). The maximum absolute atomic E-state index is 13.1. The van der Waals surface area contributed by atoms with Crippen LogP contribution in [0.5, 0.6) is 0 Å². The Bertz CT molecular complexity index is 1450. The van der Waals surface area contributed by atoms with E-state index < -0.39 is 0 Å². The topological polar surface area (TPSA) is 82.0 Å². The van der Waals surface area contributed by atoms with Crippen molar-refractivity contribution in [3.63, 3.8) is 0 Å². The molecule has 8 nitrogen and oxygen atoms in total. The first-order valence-electron chi connectivity index (χ1n) is 10.5. The van der Waals surface area contributed by atoms with Gasteiger partial charge >= 0.3 is 0 Å². The van der Waals surface area contributed by atoms with E-state index in [0.717, 1.165) is 45.4 Å². The van der Waals surface area contributed by atoms with Crippen molar-refractivity contribution in [2.24, 2.45) is 0 Å². The van der Waals surface area contributed by atoms with Crippen LogP contribution in [0.15, 0.2) is 59.5 Å². The van der Waals surface area contributed by atoms with Gasteiger partial charge in [0.25, 0.3) is 5.91 Å². The normalized spacial score (nSPS) is 11.5. The summed E-state index contributed by atoms with van der Waals surface area (Å²) in [5, 5.41) is 13.4. The molecule has 32 heavy (non-hydrogen) atoms. The van der Waals surface area contributed by atoms with E-state index >= 15 is 0 Å². The maximum atomic E-state index is 13.1. The van der Waals surface area contributed by atoms with Crippen molar-refractivity contribution in [1.82, 2.24) is 28.9 Å². The Kier molecular flexibility index (Phi) is 5.26. The van der Waals surface area contributed by atoms with Gasteiger partial charge in [-0.3, -0.25) is 18.6 Å². The number of nitrogens with zero attached hydrogens (tertiary/aromatic N) is 6. The minimum atomic E-state index is -0.219. The average molecular weight is 492 g/mol. The summed E-state index contributed by atoms with van der Waals surface area (Å²) in [6, 6.07) is 11.6. The van der Waals surface area contributed by atoms with E-state index in [1.54, 1.807) is 10.6 Å². The zero-order valence-corrected chi connectivity index (χ0v) is 19.4. The molecule has 0 fully saturated rings. The minimum absolute atomic E-state index is 0.219. The first kappa shape index (κ1) is 20.4. The Labute approximate surface area is 193 Å². The van der Waals surface area contributed by atoms with E-state index in [-0.39, 0.29) is 5.91 Å². The number of benzene rings is 1. The number of anilines is 1. The first-order chi connectivity index (χ1) is 15.6. The second-order valence-electron chi connectivity index (χ2n) is 7.49. The van der Waals surface area contributed by atoms with Gasteiger partial charge in [0.15, 0.2) is 0 Å². The molecule has 1 N–H and O–H groups in total. The molecule has 1 amide bonds. The molecule has 5 rings (SSSR count). The number of fused-ring (bicyclic) bond motifs is 2. The summed E-state index contributed by atoms with van der Waals surface area (Å²) in [7, 11) is 0. The van der Waals surface area contributed by atoms with Gasteiger partial charge in [-0.1, -0.05) is 28.9 Å². The third kappa shape index (κ3) is 3.58. The highest BCUT2D eigenvalue weighted by Gasteiger charge is 2.18. The Morgan fingerprint density at radius 2 is 2.00 bits per heavy atom. The van der Waals surface area contributed by atoms with E-state index in [1.807, 2.05) is 58.2 Å². The van der Waals surface area contributed by atoms with Crippen LogP contribution in [0.4, 0.5) is 5.69 Å². The Morgan fingerprint density at radius 1 is 1.12 bits per heavy atom. The number of pyridine rings is 1. The van der Waals surface area contributed by atoms with Crippen molar-refractivity contribution in [3.8, 4) is 0 Å². The third-order valence-corrected chi connectivity index (χ3v) is 5.97. The summed E-state index contributed by atoms with van der Waals surface area (Å²) in [6.07, 6.45) is 6.14. The Balaban J connectivity index is 1.51. The Morgan fingerprint density at radius 3 is 2.78 bits per heavy atom. The summed E-state index contributed by atoms with van der Waals surface area (Å²) < 4.78 is 6.55. The van der Waals surface area contributed by atoms with Crippen LogP contribution < -0.4 is 5.32 Å². The molecule has 0 aliphatic heterocycles. The third-order valence-electron chi connectivity index (χ3n) is 5.47. The fourth-order valence-corrected chi connectivity index (χ4v) is 4.23. The summed E-state index contributed by atoms with van der Waals surface area (Å²) in [4.78, 5) is 17.5. The number of aryl methyl sites for hydroxylation is 2. The maximum Gasteiger partial charge on any atom is 0.274 e. The van der Waals surface area contributed by atoms with E-state index in [9.17, 15) is 4.79 Å². The molecule has 9 heteroatoms. The lowest BCUT2D eigenvalue weighted by Crippen LogP contribution is -2.14. The predicted octanol–water partition coefficient (Wildman–Crippen LogP) is 4.53. The molecule has 162 valence electrons. The number of nitrogens with one attached hydrogen (secondary N) is 1. The van der Waals surface area contributed by atoms with E-state index in [2.05, 4.69) is 45.2 Å². The van der Waals surface area contributed by atoms with Crippen LogP contribution >= 0.6 is 15.9 Å². The van der Waals surface area contributed by atoms with Crippen LogP contribution in [0.2, 0.25) is 0 Å². The molecule has 0 radical (unpaired) electrons. The van der Waals surface area contributed by atoms with Crippen LogP contribution in [0.3, 0.4) is 0 Å². The van der Waals surface area contributed by atoms with Gasteiger partial charge in [-0.2, -0.15) is 10.2 Å². The van der Waals surface area contributed by atoms with Gasteiger partial charge in [-0.25, -0.2) is 4.98 Å². The summed E-state index contributed by atoms with van der Waals surface area (Å²) in [5.74, 6) is -0.219. The fraction of sp³-hybridized carbons (Fsp3) is 0.217. The minimum Gasteiger partial charge on any atom is -0.320 e. The molecule has 0 aliphatic rings. The highest BCUT2D eigenvalue weighted by atomic mass is 79.9. The number of carbonyl (C=O) groups excluding carboxylic acids is 1. The first-order valence-corrected chi connectivity index (χ1v) is 11.3. The van der Waals surface area contributed by atoms with Crippen LogP contribution in [-0.2, 0) is 19.5 Å². The van der Waals surface area contributed by atoms with Gasteiger partial charge in [-0.15, -0.1) is 0 Å². The molecule has 0 saturated heterocycles. The molecule has 4 heterocycles. The lowest BCUT2D eigenvalue weighted by Gasteiger charge is -2.08. The van der Waals surface area contributed by atoms with Crippen molar-refractivity contribution in [2.75, 3.05) is 5.32 Å². The van der Waals surface area contributed by atoms with Crippen LogP contribution in [0.25, 0.3) is 16.6 Å². The molecule has 1 aromatic carbocycles. The summed E-state index contributed by atoms with van der Waals surface area (Å²) in [6.45, 7) is 5.53. The molecule has 0 bridgehead atoms. The van der Waals surface area contributed by atoms with Crippen LogP contribution in [-0.4, -0.2) is 34.9 Å². The molecule has 0 unspecified atom stereocenters. The summed E-state index contributed by atoms with van der Waals surface area (Å²) >= 11 is 3.44. The van der Waals surface area contributed by atoms with E-state index in [1.165, 1.54) is 0 Å². The quantitative estimate of drug-likeness (QED) is 0.378. The largest absolute Gasteiger partial charge is 0.320 e.